The maximum Gasteiger partial charge on any atom is 0.308 e. The second-order valence-corrected chi connectivity index (χ2v) is 5.30. The molecule has 0 radical (unpaired) electrons. The molecule has 7 nitrogen and oxygen atoms in total. The van der Waals surface area contributed by atoms with Gasteiger partial charge in [0.05, 0.1) is 13.0 Å². The number of guanidine groups is 1. The Morgan fingerprint density at radius 3 is 2.36 bits per heavy atom. The molecule has 22 heavy (non-hydrogen) atoms. The fourth-order valence-corrected chi connectivity index (χ4v) is 2.33. The third kappa shape index (κ3) is 6.37. The zero-order valence-electron chi connectivity index (χ0n) is 13.8. The standard InChI is InChI=1S/C14H26N4O3.HI/c1-15-14(16-8-5-12(19)17(2)3)18-9-6-11(7-10-18)13(20)21-4;/h11H,5-10H2,1-4H3,(H,15,16);1H. The molecule has 0 aromatic rings. The molecule has 1 saturated heterocycles. The van der Waals surface area contributed by atoms with Crippen LogP contribution < -0.4 is 5.32 Å². The van der Waals surface area contributed by atoms with Crippen LogP contribution >= 0.6 is 24.0 Å². The lowest BCUT2D eigenvalue weighted by molar-refractivity contribution is -0.146. The van der Waals surface area contributed by atoms with E-state index in [1.807, 2.05) is 0 Å². The fraction of sp³-hybridized carbons (Fsp3) is 0.786. The summed E-state index contributed by atoms with van der Waals surface area (Å²) in [6, 6.07) is 0. The highest BCUT2D eigenvalue weighted by molar-refractivity contribution is 14.0. The van der Waals surface area contributed by atoms with Crippen LogP contribution in [0.2, 0.25) is 0 Å². The summed E-state index contributed by atoms with van der Waals surface area (Å²) in [5.74, 6) is 0.723. The predicted molar refractivity (Wildman–Crippen MR) is 96.4 cm³/mol. The largest absolute Gasteiger partial charge is 0.469 e. The minimum Gasteiger partial charge on any atom is -0.469 e. The fourth-order valence-electron chi connectivity index (χ4n) is 2.33. The van der Waals surface area contributed by atoms with Crippen LogP contribution in [0.1, 0.15) is 19.3 Å². The molecule has 0 atom stereocenters. The summed E-state index contributed by atoms with van der Waals surface area (Å²) < 4.78 is 4.78. The number of piperidine rings is 1. The highest BCUT2D eigenvalue weighted by atomic mass is 127. The molecule has 0 aliphatic carbocycles. The van der Waals surface area contributed by atoms with Crippen molar-refractivity contribution in [1.82, 2.24) is 15.1 Å². The summed E-state index contributed by atoms with van der Waals surface area (Å²) in [5, 5.41) is 3.20. The van der Waals surface area contributed by atoms with Gasteiger partial charge in [0.1, 0.15) is 0 Å². The number of hydrogen-bond donors (Lipinski definition) is 1. The van der Waals surface area contributed by atoms with Gasteiger partial charge in [0.15, 0.2) is 5.96 Å². The quantitative estimate of drug-likeness (QED) is 0.308. The number of ether oxygens (including phenoxy) is 1. The number of methoxy groups -OCH3 is 1. The van der Waals surface area contributed by atoms with Gasteiger partial charge in [-0.25, -0.2) is 0 Å². The summed E-state index contributed by atoms with van der Waals surface area (Å²) in [7, 11) is 6.64. The van der Waals surface area contributed by atoms with Gasteiger partial charge in [-0.15, -0.1) is 24.0 Å². The van der Waals surface area contributed by atoms with Gasteiger partial charge >= 0.3 is 5.97 Å². The average molecular weight is 426 g/mol. The predicted octanol–water partition coefficient (Wildman–Crippen LogP) is 0.543. The monoisotopic (exact) mass is 426 g/mol. The van der Waals surface area contributed by atoms with E-state index >= 15 is 0 Å². The molecule has 0 aromatic heterocycles. The van der Waals surface area contributed by atoms with Gasteiger partial charge in [-0.2, -0.15) is 0 Å². The van der Waals surface area contributed by atoms with Gasteiger partial charge in [0.25, 0.3) is 0 Å². The first kappa shape index (κ1) is 20.9. The molecule has 1 rings (SSSR count). The Morgan fingerprint density at radius 1 is 1.32 bits per heavy atom. The van der Waals surface area contributed by atoms with Gasteiger partial charge in [-0.05, 0) is 12.8 Å². The Labute approximate surface area is 149 Å². The summed E-state index contributed by atoms with van der Waals surface area (Å²) >= 11 is 0. The molecule has 1 heterocycles. The molecule has 1 amide bonds. The van der Waals surface area contributed by atoms with Crippen molar-refractivity contribution >= 4 is 41.8 Å². The molecule has 8 heteroatoms. The normalized spacial score (nSPS) is 15.8. The number of carbonyl (C=O) groups excluding carboxylic acids is 2. The van der Waals surface area contributed by atoms with Gasteiger partial charge in [0, 0.05) is 47.2 Å². The maximum absolute atomic E-state index is 11.5. The molecule has 0 unspecified atom stereocenters. The number of amides is 1. The van der Waals surface area contributed by atoms with E-state index in [0.29, 0.717) is 13.0 Å². The minimum absolute atomic E-state index is 0. The lowest BCUT2D eigenvalue weighted by Gasteiger charge is -2.33. The van der Waals surface area contributed by atoms with Crippen molar-refractivity contribution in [3.05, 3.63) is 0 Å². The molecule has 0 spiro atoms. The summed E-state index contributed by atoms with van der Waals surface area (Å²) in [6.07, 6.45) is 1.97. The van der Waals surface area contributed by atoms with Crippen LogP contribution in [0, 0.1) is 5.92 Å². The summed E-state index contributed by atoms with van der Waals surface area (Å²) in [4.78, 5) is 30.9. The molecule has 1 N–H and O–H groups in total. The van der Waals surface area contributed by atoms with E-state index < -0.39 is 0 Å². The van der Waals surface area contributed by atoms with Crippen LogP contribution in [0.15, 0.2) is 4.99 Å². The molecule has 0 aromatic carbocycles. The zero-order valence-corrected chi connectivity index (χ0v) is 16.1. The van der Waals surface area contributed by atoms with Crippen molar-refractivity contribution in [2.24, 2.45) is 10.9 Å². The maximum atomic E-state index is 11.5. The highest BCUT2D eigenvalue weighted by Crippen LogP contribution is 2.18. The molecule has 0 bridgehead atoms. The SMILES string of the molecule is CN=C(NCCC(=O)N(C)C)N1CCC(C(=O)OC)CC1.I. The molecule has 1 aliphatic heterocycles. The number of esters is 1. The third-order valence-corrected chi connectivity index (χ3v) is 3.66. The summed E-state index contributed by atoms with van der Waals surface area (Å²) in [5.41, 5.74) is 0. The topological polar surface area (TPSA) is 74.2 Å². The van der Waals surface area contributed by atoms with Gasteiger partial charge < -0.3 is 19.9 Å². The second-order valence-electron chi connectivity index (χ2n) is 5.30. The Bertz CT molecular complexity index is 394. The number of aliphatic imine (C=N–C) groups is 1. The van der Waals surface area contributed by atoms with E-state index in [0.717, 1.165) is 31.9 Å². The number of carbonyl (C=O) groups is 2. The Balaban J connectivity index is 0.00000441. The van der Waals surface area contributed by atoms with Gasteiger partial charge in [-0.3, -0.25) is 14.6 Å². The van der Waals surface area contributed by atoms with E-state index in [4.69, 9.17) is 4.74 Å². The Morgan fingerprint density at radius 2 is 1.91 bits per heavy atom. The molecular weight excluding hydrogens is 399 g/mol. The van der Waals surface area contributed by atoms with E-state index in [-0.39, 0.29) is 41.8 Å². The Kier molecular flexibility index (Phi) is 10.1. The lowest BCUT2D eigenvalue weighted by atomic mass is 9.97. The van der Waals surface area contributed by atoms with Crippen LogP contribution in [0.25, 0.3) is 0 Å². The molecule has 0 saturated carbocycles. The molecule has 1 aliphatic rings. The second kappa shape index (κ2) is 10.6. The van der Waals surface area contributed by atoms with Crippen LogP contribution in [0.5, 0.6) is 0 Å². The first-order valence-corrected chi connectivity index (χ1v) is 7.23. The van der Waals surface area contributed by atoms with E-state index in [1.165, 1.54) is 7.11 Å². The van der Waals surface area contributed by atoms with E-state index in [1.54, 1.807) is 26.0 Å². The number of halogens is 1. The van der Waals surface area contributed by atoms with Crippen molar-refractivity contribution < 1.29 is 14.3 Å². The van der Waals surface area contributed by atoms with Crippen molar-refractivity contribution in [3.63, 3.8) is 0 Å². The minimum atomic E-state index is -0.130. The first-order chi connectivity index (χ1) is 9.99. The number of likely N-dealkylation sites (tertiary alicyclic amines) is 1. The Hall–Kier alpha value is -1.06. The van der Waals surface area contributed by atoms with Gasteiger partial charge in [0.2, 0.25) is 5.91 Å². The van der Waals surface area contributed by atoms with Crippen LogP contribution in [0.4, 0.5) is 0 Å². The first-order valence-electron chi connectivity index (χ1n) is 7.23. The van der Waals surface area contributed by atoms with Crippen molar-refractivity contribution in [2.45, 2.75) is 19.3 Å². The summed E-state index contributed by atoms with van der Waals surface area (Å²) in [6.45, 7) is 2.09. The third-order valence-electron chi connectivity index (χ3n) is 3.66. The molecule has 128 valence electrons. The molecule has 1 fully saturated rings. The average Bonchev–Trinajstić information content (AvgIpc) is 2.50. The number of nitrogens with one attached hydrogen (secondary N) is 1. The number of rotatable bonds is 4. The van der Waals surface area contributed by atoms with Crippen molar-refractivity contribution in [1.29, 1.82) is 0 Å². The van der Waals surface area contributed by atoms with Crippen LogP contribution in [-0.2, 0) is 14.3 Å². The van der Waals surface area contributed by atoms with E-state index in [9.17, 15) is 9.59 Å². The zero-order chi connectivity index (χ0) is 15.8. The smallest absolute Gasteiger partial charge is 0.308 e. The lowest BCUT2D eigenvalue weighted by Crippen LogP contribution is -2.47. The van der Waals surface area contributed by atoms with Crippen molar-refractivity contribution in [3.8, 4) is 0 Å². The highest BCUT2D eigenvalue weighted by Gasteiger charge is 2.26. The van der Waals surface area contributed by atoms with Crippen molar-refractivity contribution in [2.75, 3.05) is 47.9 Å². The van der Waals surface area contributed by atoms with Gasteiger partial charge in [-0.1, -0.05) is 0 Å². The van der Waals surface area contributed by atoms with Crippen LogP contribution in [0.3, 0.4) is 0 Å². The molecular formula is C14H27IN4O3. The number of hydrogen-bond acceptors (Lipinski definition) is 4. The number of nitrogens with zero attached hydrogens (tertiary/aromatic N) is 3. The van der Waals surface area contributed by atoms with Crippen LogP contribution in [-0.4, -0.2) is 75.5 Å². The van der Waals surface area contributed by atoms with E-state index in [2.05, 4.69) is 15.2 Å².